The maximum atomic E-state index is 13.8. The average Bonchev–Trinajstić information content (AvgIpc) is 2.47. The normalized spacial score (nSPS) is 10.7. The fourth-order valence-electron chi connectivity index (χ4n) is 2.05. The zero-order valence-corrected chi connectivity index (χ0v) is 11.0. The molecule has 0 aliphatic rings. The van der Waals surface area contributed by atoms with Crippen molar-refractivity contribution in [1.29, 1.82) is 0 Å². The Hall–Kier alpha value is -2.76. The summed E-state index contributed by atoms with van der Waals surface area (Å²) in [6, 6.07) is 7.48. The minimum Gasteiger partial charge on any atom is -0.236 e. The lowest BCUT2D eigenvalue weighted by Gasteiger charge is -2.06. The first kappa shape index (κ1) is 14.2. The zero-order chi connectivity index (χ0) is 15.7. The molecule has 3 aromatic rings. The second kappa shape index (κ2) is 5.55. The van der Waals surface area contributed by atoms with Crippen molar-refractivity contribution in [3.8, 4) is 22.5 Å². The molecule has 0 radical (unpaired) electrons. The second-order valence-electron chi connectivity index (χ2n) is 4.54. The van der Waals surface area contributed by atoms with Gasteiger partial charge in [0.1, 0.15) is 29.6 Å². The first-order valence-corrected chi connectivity index (χ1v) is 6.27. The fourth-order valence-corrected chi connectivity index (χ4v) is 2.05. The summed E-state index contributed by atoms with van der Waals surface area (Å²) in [5.41, 5.74) is 0.470. The Kier molecular flexibility index (Phi) is 3.58. The Balaban J connectivity index is 2.10. The van der Waals surface area contributed by atoms with Crippen LogP contribution in [0.3, 0.4) is 0 Å². The molecule has 0 aliphatic carbocycles. The number of hydrogen-bond acceptors (Lipinski definition) is 2. The van der Waals surface area contributed by atoms with Crippen LogP contribution in [0.1, 0.15) is 0 Å². The molecule has 6 heteroatoms. The predicted octanol–water partition coefficient (Wildman–Crippen LogP) is 4.37. The molecule has 0 amide bonds. The van der Waals surface area contributed by atoms with Crippen LogP contribution >= 0.6 is 0 Å². The van der Waals surface area contributed by atoms with Crippen molar-refractivity contribution in [1.82, 2.24) is 9.97 Å². The van der Waals surface area contributed by atoms with Crippen molar-refractivity contribution in [2.24, 2.45) is 0 Å². The maximum absolute atomic E-state index is 13.8. The molecule has 0 aliphatic heterocycles. The van der Waals surface area contributed by atoms with E-state index in [-0.39, 0.29) is 22.5 Å². The Morgan fingerprint density at radius 2 is 1.05 bits per heavy atom. The molecule has 0 bridgehead atoms. The van der Waals surface area contributed by atoms with Gasteiger partial charge in [-0.2, -0.15) is 0 Å². The molecule has 1 heterocycles. The van der Waals surface area contributed by atoms with Crippen molar-refractivity contribution in [2.75, 3.05) is 0 Å². The first-order valence-electron chi connectivity index (χ1n) is 6.27. The van der Waals surface area contributed by atoms with Crippen molar-refractivity contribution < 1.29 is 17.6 Å². The number of rotatable bonds is 2. The Morgan fingerprint density at radius 3 is 1.45 bits per heavy atom. The zero-order valence-electron chi connectivity index (χ0n) is 11.0. The van der Waals surface area contributed by atoms with Crippen LogP contribution in [0.25, 0.3) is 22.5 Å². The summed E-state index contributed by atoms with van der Waals surface area (Å²) in [4.78, 5) is 7.81. The van der Waals surface area contributed by atoms with Crippen LogP contribution in [0.2, 0.25) is 0 Å². The highest BCUT2D eigenvalue weighted by atomic mass is 19.1. The second-order valence-corrected chi connectivity index (χ2v) is 4.54. The fraction of sp³-hybridized carbons (Fsp3) is 0. The molecular weight excluding hydrogens is 296 g/mol. The number of halogens is 4. The van der Waals surface area contributed by atoms with E-state index in [1.165, 1.54) is 18.2 Å². The smallest absolute Gasteiger partial charge is 0.135 e. The summed E-state index contributed by atoms with van der Waals surface area (Å²) < 4.78 is 53.4. The van der Waals surface area contributed by atoms with E-state index in [9.17, 15) is 17.6 Å². The summed E-state index contributed by atoms with van der Waals surface area (Å²) in [5, 5.41) is 0. The molecule has 22 heavy (non-hydrogen) atoms. The van der Waals surface area contributed by atoms with Gasteiger partial charge in [0, 0.05) is 23.3 Å². The summed E-state index contributed by atoms with van der Waals surface area (Å²) >= 11 is 0. The molecule has 110 valence electrons. The monoisotopic (exact) mass is 304 g/mol. The predicted molar refractivity (Wildman–Crippen MR) is 72.7 cm³/mol. The minimum atomic E-state index is -0.788. The quantitative estimate of drug-likeness (QED) is 0.657. The molecule has 1 aromatic heterocycles. The number of nitrogens with zero attached hydrogens (tertiary/aromatic N) is 2. The molecule has 2 nitrogen and oxygen atoms in total. The summed E-state index contributed by atoms with van der Waals surface area (Å²) in [6.45, 7) is 0. The average molecular weight is 304 g/mol. The first-order chi connectivity index (χ1) is 10.5. The van der Waals surface area contributed by atoms with Crippen molar-refractivity contribution >= 4 is 0 Å². The van der Waals surface area contributed by atoms with Gasteiger partial charge in [0.25, 0.3) is 0 Å². The van der Waals surface area contributed by atoms with Gasteiger partial charge in [0.2, 0.25) is 0 Å². The van der Waals surface area contributed by atoms with Crippen LogP contribution < -0.4 is 0 Å². The molecule has 0 unspecified atom stereocenters. The van der Waals surface area contributed by atoms with Crippen LogP contribution in [0.15, 0.2) is 48.8 Å². The van der Waals surface area contributed by atoms with E-state index in [0.717, 1.165) is 30.6 Å². The van der Waals surface area contributed by atoms with Gasteiger partial charge in [0.05, 0.1) is 11.4 Å². The Bertz CT molecular complexity index is 783. The van der Waals surface area contributed by atoms with Crippen molar-refractivity contribution in [3.05, 3.63) is 72.1 Å². The number of hydrogen-bond donors (Lipinski definition) is 0. The standard InChI is InChI=1S/C16H8F4N2/c17-9-1-3-11(13(19)5-9)15-7-16(22-8-21-15)12-4-2-10(18)6-14(12)20/h1-8H. The van der Waals surface area contributed by atoms with E-state index >= 15 is 0 Å². The van der Waals surface area contributed by atoms with Crippen molar-refractivity contribution in [3.63, 3.8) is 0 Å². The summed E-state index contributed by atoms with van der Waals surface area (Å²) in [6.07, 6.45) is 1.14. The molecule has 0 N–H and O–H groups in total. The summed E-state index contributed by atoms with van der Waals surface area (Å²) in [5.74, 6) is -2.99. The highest BCUT2D eigenvalue weighted by molar-refractivity contribution is 5.68. The SMILES string of the molecule is Fc1ccc(-c2cc(-c3ccc(F)cc3F)ncn2)c(F)c1. The molecule has 2 aromatic carbocycles. The highest BCUT2D eigenvalue weighted by Gasteiger charge is 2.12. The third kappa shape index (κ3) is 2.67. The molecular formula is C16H8F4N2. The minimum absolute atomic E-state index is 0.0626. The lowest BCUT2D eigenvalue weighted by Crippen LogP contribution is -1.94. The van der Waals surface area contributed by atoms with E-state index in [1.807, 2.05) is 0 Å². The molecule has 0 spiro atoms. The van der Waals surface area contributed by atoms with Crippen LogP contribution in [0.4, 0.5) is 17.6 Å². The molecule has 0 atom stereocenters. The van der Waals surface area contributed by atoms with Gasteiger partial charge in [-0.25, -0.2) is 27.5 Å². The highest BCUT2D eigenvalue weighted by Crippen LogP contribution is 2.26. The van der Waals surface area contributed by atoms with Gasteiger partial charge in [0.15, 0.2) is 0 Å². The van der Waals surface area contributed by atoms with Gasteiger partial charge in [-0.3, -0.25) is 0 Å². The molecule has 0 saturated carbocycles. The van der Waals surface area contributed by atoms with E-state index < -0.39 is 23.3 Å². The molecule has 0 fully saturated rings. The van der Waals surface area contributed by atoms with Gasteiger partial charge in [-0.15, -0.1) is 0 Å². The Labute approximate surface area is 123 Å². The van der Waals surface area contributed by atoms with E-state index in [4.69, 9.17) is 0 Å². The van der Waals surface area contributed by atoms with Gasteiger partial charge >= 0.3 is 0 Å². The van der Waals surface area contributed by atoms with E-state index in [1.54, 1.807) is 0 Å². The van der Waals surface area contributed by atoms with Crippen LogP contribution in [0.5, 0.6) is 0 Å². The van der Waals surface area contributed by atoms with E-state index in [0.29, 0.717) is 0 Å². The summed E-state index contributed by atoms with van der Waals surface area (Å²) in [7, 11) is 0. The van der Waals surface area contributed by atoms with E-state index in [2.05, 4.69) is 9.97 Å². The molecule has 0 saturated heterocycles. The number of benzene rings is 2. The van der Waals surface area contributed by atoms with Crippen LogP contribution in [-0.4, -0.2) is 9.97 Å². The molecule has 3 rings (SSSR count). The van der Waals surface area contributed by atoms with Gasteiger partial charge in [-0.1, -0.05) is 0 Å². The maximum Gasteiger partial charge on any atom is 0.135 e. The lowest BCUT2D eigenvalue weighted by molar-refractivity contribution is 0.585. The van der Waals surface area contributed by atoms with Gasteiger partial charge < -0.3 is 0 Å². The Morgan fingerprint density at radius 1 is 0.591 bits per heavy atom. The third-order valence-corrected chi connectivity index (χ3v) is 3.08. The topological polar surface area (TPSA) is 25.8 Å². The third-order valence-electron chi connectivity index (χ3n) is 3.08. The van der Waals surface area contributed by atoms with Gasteiger partial charge in [-0.05, 0) is 30.3 Å². The van der Waals surface area contributed by atoms with Crippen LogP contribution in [-0.2, 0) is 0 Å². The van der Waals surface area contributed by atoms with Crippen LogP contribution in [0, 0.1) is 23.3 Å². The lowest BCUT2D eigenvalue weighted by atomic mass is 10.1. The largest absolute Gasteiger partial charge is 0.236 e. The number of aromatic nitrogens is 2. The van der Waals surface area contributed by atoms with Crippen molar-refractivity contribution in [2.45, 2.75) is 0 Å².